The smallest absolute Gasteiger partial charge is 0.251 e. The highest BCUT2D eigenvalue weighted by molar-refractivity contribution is 5.94. The normalized spacial score (nSPS) is 23.1. The quantitative estimate of drug-likeness (QED) is 0.821. The zero-order valence-electron chi connectivity index (χ0n) is 11.6. The lowest BCUT2D eigenvalue weighted by Gasteiger charge is -2.27. The van der Waals surface area contributed by atoms with Crippen LogP contribution in [-0.2, 0) is 4.84 Å². The first-order chi connectivity index (χ1) is 9.10. The van der Waals surface area contributed by atoms with E-state index in [2.05, 4.69) is 5.32 Å². The standard InChI is InChI=1S/C15H22N2O2/c1-10-3-4-12(9-11(10)2)15(18)17-13-5-7-14(19-16)8-6-13/h3-4,9,13-14H,5-8,16H2,1-2H3,(H,17,18). The average Bonchev–Trinajstić information content (AvgIpc) is 2.42. The highest BCUT2D eigenvalue weighted by Crippen LogP contribution is 2.20. The Hall–Kier alpha value is -1.39. The molecule has 3 N–H and O–H groups in total. The van der Waals surface area contributed by atoms with Crippen molar-refractivity contribution in [1.29, 1.82) is 0 Å². The highest BCUT2D eigenvalue weighted by Gasteiger charge is 2.22. The third-order valence-electron chi connectivity index (χ3n) is 3.97. The van der Waals surface area contributed by atoms with Gasteiger partial charge in [0.1, 0.15) is 0 Å². The van der Waals surface area contributed by atoms with Gasteiger partial charge < -0.3 is 10.2 Å². The number of hydrogen-bond acceptors (Lipinski definition) is 3. The van der Waals surface area contributed by atoms with Gasteiger partial charge in [0.05, 0.1) is 6.10 Å². The fourth-order valence-electron chi connectivity index (χ4n) is 2.49. The molecule has 0 radical (unpaired) electrons. The van der Waals surface area contributed by atoms with Gasteiger partial charge in [-0.05, 0) is 62.8 Å². The first-order valence-corrected chi connectivity index (χ1v) is 6.84. The third kappa shape index (κ3) is 3.55. The van der Waals surface area contributed by atoms with Crippen LogP contribution in [0.4, 0.5) is 0 Å². The SMILES string of the molecule is Cc1ccc(C(=O)NC2CCC(ON)CC2)cc1C. The number of nitrogens with one attached hydrogen (secondary N) is 1. The van der Waals surface area contributed by atoms with E-state index in [1.165, 1.54) is 5.56 Å². The molecule has 0 bridgehead atoms. The zero-order valence-corrected chi connectivity index (χ0v) is 11.6. The molecule has 1 saturated carbocycles. The second kappa shape index (κ2) is 6.17. The number of rotatable bonds is 3. The number of carbonyl (C=O) groups excluding carboxylic acids is 1. The number of amides is 1. The van der Waals surface area contributed by atoms with Crippen LogP contribution in [0.5, 0.6) is 0 Å². The van der Waals surface area contributed by atoms with Crippen molar-refractivity contribution >= 4 is 5.91 Å². The van der Waals surface area contributed by atoms with Crippen molar-refractivity contribution in [3.05, 3.63) is 34.9 Å². The van der Waals surface area contributed by atoms with E-state index in [0.29, 0.717) is 0 Å². The van der Waals surface area contributed by atoms with Crippen LogP contribution in [0.2, 0.25) is 0 Å². The van der Waals surface area contributed by atoms with Crippen LogP contribution in [-0.4, -0.2) is 18.1 Å². The Labute approximate surface area is 114 Å². The molecule has 0 atom stereocenters. The number of aryl methyl sites for hydroxylation is 2. The van der Waals surface area contributed by atoms with Gasteiger partial charge in [-0.3, -0.25) is 4.79 Å². The van der Waals surface area contributed by atoms with E-state index in [1.54, 1.807) is 0 Å². The van der Waals surface area contributed by atoms with Crippen LogP contribution >= 0.6 is 0 Å². The van der Waals surface area contributed by atoms with Gasteiger partial charge in [0, 0.05) is 11.6 Å². The third-order valence-corrected chi connectivity index (χ3v) is 3.97. The predicted molar refractivity (Wildman–Crippen MR) is 74.7 cm³/mol. The van der Waals surface area contributed by atoms with Crippen molar-refractivity contribution in [2.24, 2.45) is 5.90 Å². The summed E-state index contributed by atoms with van der Waals surface area (Å²) in [4.78, 5) is 17.0. The first kappa shape index (κ1) is 14.0. The van der Waals surface area contributed by atoms with Gasteiger partial charge in [-0.1, -0.05) is 6.07 Å². The maximum absolute atomic E-state index is 12.2. The van der Waals surface area contributed by atoms with Crippen LogP contribution in [0.15, 0.2) is 18.2 Å². The van der Waals surface area contributed by atoms with Crippen molar-refractivity contribution in [2.75, 3.05) is 0 Å². The van der Waals surface area contributed by atoms with Crippen LogP contribution in [0.3, 0.4) is 0 Å². The molecule has 1 aliphatic rings. The fraction of sp³-hybridized carbons (Fsp3) is 0.533. The summed E-state index contributed by atoms with van der Waals surface area (Å²) < 4.78 is 0. The predicted octanol–water partition coefficient (Wildman–Crippen LogP) is 2.23. The van der Waals surface area contributed by atoms with Crippen molar-refractivity contribution in [3.63, 3.8) is 0 Å². The Bertz CT molecular complexity index is 451. The molecular weight excluding hydrogens is 240 g/mol. The monoisotopic (exact) mass is 262 g/mol. The lowest BCUT2D eigenvalue weighted by Crippen LogP contribution is -2.39. The number of carbonyl (C=O) groups is 1. The molecule has 1 aromatic rings. The Kier molecular flexibility index (Phi) is 4.56. The van der Waals surface area contributed by atoms with Crippen LogP contribution in [0.25, 0.3) is 0 Å². The summed E-state index contributed by atoms with van der Waals surface area (Å²) in [5.74, 6) is 5.20. The molecule has 1 fully saturated rings. The summed E-state index contributed by atoms with van der Waals surface area (Å²) in [6.45, 7) is 4.07. The van der Waals surface area contributed by atoms with Gasteiger partial charge in [-0.2, -0.15) is 0 Å². The van der Waals surface area contributed by atoms with Gasteiger partial charge in [0.2, 0.25) is 0 Å². The van der Waals surface area contributed by atoms with Gasteiger partial charge in [-0.15, -0.1) is 0 Å². The number of hydrogen-bond donors (Lipinski definition) is 2. The van der Waals surface area contributed by atoms with E-state index >= 15 is 0 Å². The highest BCUT2D eigenvalue weighted by atomic mass is 16.6. The van der Waals surface area contributed by atoms with Crippen LogP contribution in [0, 0.1) is 13.8 Å². The lowest BCUT2D eigenvalue weighted by molar-refractivity contribution is 0.0217. The Morgan fingerprint density at radius 2 is 1.89 bits per heavy atom. The molecule has 19 heavy (non-hydrogen) atoms. The van der Waals surface area contributed by atoms with Crippen molar-refractivity contribution in [3.8, 4) is 0 Å². The molecule has 1 amide bonds. The number of benzene rings is 1. The van der Waals surface area contributed by atoms with E-state index < -0.39 is 0 Å². The fourth-order valence-corrected chi connectivity index (χ4v) is 2.49. The molecule has 1 aromatic carbocycles. The van der Waals surface area contributed by atoms with Crippen LogP contribution < -0.4 is 11.2 Å². The number of nitrogens with two attached hydrogens (primary N) is 1. The first-order valence-electron chi connectivity index (χ1n) is 6.84. The molecule has 0 aliphatic heterocycles. The summed E-state index contributed by atoms with van der Waals surface area (Å²) in [6.07, 6.45) is 3.83. The molecule has 0 unspecified atom stereocenters. The minimum Gasteiger partial charge on any atom is -0.349 e. The van der Waals surface area contributed by atoms with E-state index in [-0.39, 0.29) is 18.1 Å². The van der Waals surface area contributed by atoms with Gasteiger partial charge in [0.25, 0.3) is 5.91 Å². The molecule has 0 aromatic heterocycles. The summed E-state index contributed by atoms with van der Waals surface area (Å²) in [6, 6.07) is 6.05. The maximum atomic E-state index is 12.2. The average molecular weight is 262 g/mol. The maximum Gasteiger partial charge on any atom is 0.251 e. The summed E-state index contributed by atoms with van der Waals surface area (Å²) in [7, 11) is 0. The molecule has 0 spiro atoms. The van der Waals surface area contributed by atoms with Crippen LogP contribution in [0.1, 0.15) is 47.2 Å². The molecule has 2 rings (SSSR count). The molecule has 0 heterocycles. The second-order valence-corrected chi connectivity index (χ2v) is 5.38. The largest absolute Gasteiger partial charge is 0.349 e. The molecule has 1 aliphatic carbocycles. The Morgan fingerprint density at radius 3 is 2.47 bits per heavy atom. The van der Waals surface area contributed by atoms with Crippen molar-refractivity contribution < 1.29 is 9.63 Å². The molecule has 104 valence electrons. The van der Waals surface area contributed by atoms with Gasteiger partial charge in [-0.25, -0.2) is 5.90 Å². The van der Waals surface area contributed by atoms with Crippen molar-refractivity contribution in [2.45, 2.75) is 51.7 Å². The van der Waals surface area contributed by atoms with E-state index in [4.69, 9.17) is 10.7 Å². The topological polar surface area (TPSA) is 64.3 Å². The van der Waals surface area contributed by atoms with E-state index in [0.717, 1.165) is 36.8 Å². The Balaban J connectivity index is 1.92. The molecule has 4 nitrogen and oxygen atoms in total. The van der Waals surface area contributed by atoms with E-state index in [9.17, 15) is 4.79 Å². The summed E-state index contributed by atoms with van der Waals surface area (Å²) in [5, 5.41) is 3.09. The Morgan fingerprint density at radius 1 is 1.21 bits per heavy atom. The molecule has 4 heteroatoms. The molecular formula is C15H22N2O2. The molecule has 0 saturated heterocycles. The minimum absolute atomic E-state index is 0.0141. The zero-order chi connectivity index (χ0) is 13.8. The summed E-state index contributed by atoms with van der Waals surface area (Å²) >= 11 is 0. The van der Waals surface area contributed by atoms with Gasteiger partial charge >= 0.3 is 0 Å². The lowest BCUT2D eigenvalue weighted by atomic mass is 9.93. The summed E-state index contributed by atoms with van der Waals surface area (Å²) in [5.41, 5.74) is 3.09. The second-order valence-electron chi connectivity index (χ2n) is 5.38. The van der Waals surface area contributed by atoms with E-state index in [1.807, 2.05) is 32.0 Å². The van der Waals surface area contributed by atoms with Crippen molar-refractivity contribution in [1.82, 2.24) is 5.32 Å². The van der Waals surface area contributed by atoms with Gasteiger partial charge in [0.15, 0.2) is 0 Å². The minimum atomic E-state index is 0.0141.